The Kier molecular flexibility index (Phi) is 7.63. The number of imide groups is 1. The summed E-state index contributed by atoms with van der Waals surface area (Å²) in [6.45, 7) is 3.61. The summed E-state index contributed by atoms with van der Waals surface area (Å²) in [5.41, 5.74) is 2.85. The van der Waals surface area contributed by atoms with Crippen molar-refractivity contribution in [3.8, 4) is 5.69 Å². The van der Waals surface area contributed by atoms with Crippen LogP contribution in [0.2, 0.25) is 0 Å². The van der Waals surface area contributed by atoms with Gasteiger partial charge in [0, 0.05) is 13.1 Å². The molecule has 2 aromatic rings. The van der Waals surface area contributed by atoms with E-state index < -0.39 is 18.5 Å². The number of benzene rings is 1. The SMILES string of the molecule is Cc1ccc(C)c(-n2nnnc2SCC(=O)OCC(=O)NCCN2C(=O)CSC2=O)c1. The summed E-state index contributed by atoms with van der Waals surface area (Å²) in [6, 6.07) is 5.89. The Balaban J connectivity index is 1.41. The number of hydrogen-bond donors (Lipinski definition) is 1. The van der Waals surface area contributed by atoms with Crippen LogP contribution in [0.5, 0.6) is 0 Å². The molecule has 1 aromatic heterocycles. The maximum Gasteiger partial charge on any atom is 0.316 e. The van der Waals surface area contributed by atoms with Gasteiger partial charge in [-0.05, 0) is 41.5 Å². The number of rotatable bonds is 9. The number of amides is 3. The predicted octanol–water partition coefficient (Wildman–Crippen LogP) is 0.726. The second-order valence-electron chi connectivity index (χ2n) is 6.56. The van der Waals surface area contributed by atoms with E-state index in [1.807, 2.05) is 32.0 Å². The zero-order valence-corrected chi connectivity index (χ0v) is 18.5. The lowest BCUT2D eigenvalue weighted by Crippen LogP contribution is -2.38. The lowest BCUT2D eigenvalue weighted by Gasteiger charge is -2.13. The zero-order chi connectivity index (χ0) is 22.4. The van der Waals surface area contributed by atoms with Gasteiger partial charge in [-0.2, -0.15) is 4.68 Å². The van der Waals surface area contributed by atoms with Gasteiger partial charge in [0.1, 0.15) is 0 Å². The summed E-state index contributed by atoms with van der Waals surface area (Å²) in [6.07, 6.45) is 0. The van der Waals surface area contributed by atoms with Crippen LogP contribution in [0.3, 0.4) is 0 Å². The molecule has 1 aliphatic rings. The Morgan fingerprint density at radius 2 is 2.10 bits per heavy atom. The molecule has 3 amide bonds. The van der Waals surface area contributed by atoms with E-state index in [9.17, 15) is 19.2 Å². The summed E-state index contributed by atoms with van der Waals surface area (Å²) >= 11 is 2.02. The van der Waals surface area contributed by atoms with Gasteiger partial charge >= 0.3 is 5.97 Å². The number of aryl methyl sites for hydroxylation is 2. The Morgan fingerprint density at radius 1 is 1.29 bits per heavy atom. The van der Waals surface area contributed by atoms with Crippen LogP contribution in [-0.4, -0.2) is 79.3 Å². The van der Waals surface area contributed by atoms with E-state index in [2.05, 4.69) is 20.8 Å². The number of thioether (sulfide) groups is 2. The number of carbonyl (C=O) groups excluding carboxylic acids is 4. The second kappa shape index (κ2) is 10.4. The van der Waals surface area contributed by atoms with E-state index in [4.69, 9.17) is 4.74 Å². The average Bonchev–Trinajstić information content (AvgIpc) is 3.34. The number of nitrogens with one attached hydrogen (secondary N) is 1. The minimum atomic E-state index is -0.600. The number of ether oxygens (including phenoxy) is 1. The van der Waals surface area contributed by atoms with Gasteiger partial charge in [-0.25, -0.2) is 0 Å². The van der Waals surface area contributed by atoms with Gasteiger partial charge in [0.15, 0.2) is 6.61 Å². The van der Waals surface area contributed by atoms with E-state index in [-0.39, 0.29) is 35.7 Å². The monoisotopic (exact) mass is 464 g/mol. The highest BCUT2D eigenvalue weighted by Gasteiger charge is 2.29. The molecule has 164 valence electrons. The molecule has 1 saturated heterocycles. The molecule has 1 fully saturated rings. The van der Waals surface area contributed by atoms with Gasteiger partial charge in [0.25, 0.3) is 11.1 Å². The normalized spacial score (nSPS) is 13.5. The molecule has 3 rings (SSSR count). The first-order chi connectivity index (χ1) is 14.8. The van der Waals surface area contributed by atoms with Crippen molar-refractivity contribution in [2.24, 2.45) is 0 Å². The van der Waals surface area contributed by atoms with Crippen LogP contribution < -0.4 is 5.32 Å². The van der Waals surface area contributed by atoms with Crippen LogP contribution in [0, 0.1) is 13.8 Å². The largest absolute Gasteiger partial charge is 0.455 e. The van der Waals surface area contributed by atoms with Gasteiger partial charge in [0.2, 0.25) is 11.1 Å². The first-order valence-corrected chi connectivity index (χ1v) is 11.2. The summed E-state index contributed by atoms with van der Waals surface area (Å²) in [4.78, 5) is 47.8. The van der Waals surface area contributed by atoms with E-state index in [0.29, 0.717) is 5.16 Å². The molecule has 1 aromatic carbocycles. The summed E-state index contributed by atoms with van der Waals surface area (Å²) in [7, 11) is 0. The van der Waals surface area contributed by atoms with E-state index in [0.717, 1.165) is 45.2 Å². The molecule has 0 spiro atoms. The van der Waals surface area contributed by atoms with Crippen LogP contribution in [0.25, 0.3) is 5.69 Å². The van der Waals surface area contributed by atoms with Gasteiger partial charge in [-0.3, -0.25) is 24.1 Å². The molecule has 2 heterocycles. The van der Waals surface area contributed by atoms with Crippen molar-refractivity contribution >= 4 is 46.5 Å². The Morgan fingerprint density at radius 3 is 2.84 bits per heavy atom. The maximum absolute atomic E-state index is 12.0. The van der Waals surface area contributed by atoms with E-state index >= 15 is 0 Å². The average molecular weight is 465 g/mol. The number of nitrogens with zero attached hydrogens (tertiary/aromatic N) is 5. The molecule has 0 aliphatic carbocycles. The van der Waals surface area contributed by atoms with Gasteiger partial charge in [-0.15, -0.1) is 5.10 Å². The van der Waals surface area contributed by atoms with Crippen LogP contribution >= 0.6 is 23.5 Å². The minimum absolute atomic E-state index is 0.0769. The van der Waals surface area contributed by atoms with Gasteiger partial charge in [-0.1, -0.05) is 35.7 Å². The minimum Gasteiger partial charge on any atom is -0.455 e. The van der Waals surface area contributed by atoms with Crippen LogP contribution in [0.15, 0.2) is 23.4 Å². The number of esters is 1. The van der Waals surface area contributed by atoms with Crippen molar-refractivity contribution in [3.05, 3.63) is 29.3 Å². The fourth-order valence-corrected chi connectivity index (χ4v) is 4.07. The van der Waals surface area contributed by atoms with Gasteiger partial charge < -0.3 is 10.1 Å². The molecule has 13 heteroatoms. The standard InChI is InChI=1S/C18H20N6O5S2/c1-11-3-4-12(2)13(7-11)24-17(20-21-22-24)30-10-16(27)29-8-14(25)19-5-6-23-15(26)9-31-18(23)28/h3-4,7H,5-6,8-10H2,1-2H3,(H,19,25). The van der Waals surface area contributed by atoms with Crippen LogP contribution in [-0.2, 0) is 19.1 Å². The van der Waals surface area contributed by atoms with Gasteiger partial charge in [0.05, 0.1) is 17.2 Å². The summed E-state index contributed by atoms with van der Waals surface area (Å²) < 4.78 is 6.50. The fourth-order valence-electron chi connectivity index (χ4n) is 2.63. The smallest absolute Gasteiger partial charge is 0.316 e. The van der Waals surface area contributed by atoms with Crippen molar-refractivity contribution in [2.75, 3.05) is 31.2 Å². The van der Waals surface area contributed by atoms with Crippen molar-refractivity contribution in [3.63, 3.8) is 0 Å². The Labute approximate surface area is 186 Å². The van der Waals surface area contributed by atoms with Crippen molar-refractivity contribution in [1.29, 1.82) is 0 Å². The van der Waals surface area contributed by atoms with Crippen LogP contribution in [0.4, 0.5) is 4.79 Å². The Bertz CT molecular complexity index is 995. The fraction of sp³-hybridized carbons (Fsp3) is 0.389. The number of hydrogen-bond acceptors (Lipinski definition) is 10. The van der Waals surface area contributed by atoms with E-state index in [1.54, 1.807) is 4.68 Å². The first kappa shape index (κ1) is 22.7. The maximum atomic E-state index is 12.0. The molecule has 11 nitrogen and oxygen atoms in total. The molecule has 0 atom stereocenters. The molecular weight excluding hydrogens is 444 g/mol. The quantitative estimate of drug-likeness (QED) is 0.418. The molecule has 0 saturated carbocycles. The Hall–Kier alpha value is -2.93. The van der Waals surface area contributed by atoms with Crippen molar-refractivity contribution in [1.82, 2.24) is 30.4 Å². The third-order valence-electron chi connectivity index (χ3n) is 4.22. The molecule has 0 bridgehead atoms. The molecule has 0 unspecified atom stereocenters. The number of carbonyl (C=O) groups is 4. The summed E-state index contributed by atoms with van der Waals surface area (Å²) in [5.74, 6) is -1.36. The van der Waals surface area contributed by atoms with Crippen LogP contribution in [0.1, 0.15) is 11.1 Å². The zero-order valence-electron chi connectivity index (χ0n) is 16.9. The lowest BCUT2D eigenvalue weighted by atomic mass is 10.1. The number of tetrazole rings is 1. The molecule has 1 N–H and O–H groups in total. The molecule has 31 heavy (non-hydrogen) atoms. The topological polar surface area (TPSA) is 136 Å². The predicted molar refractivity (Wildman–Crippen MR) is 113 cm³/mol. The molecular formula is C18H20N6O5S2. The molecule has 0 radical (unpaired) electrons. The first-order valence-electron chi connectivity index (χ1n) is 9.23. The lowest BCUT2D eigenvalue weighted by molar-refractivity contribution is -0.145. The highest BCUT2D eigenvalue weighted by molar-refractivity contribution is 8.14. The van der Waals surface area contributed by atoms with Crippen molar-refractivity contribution < 1.29 is 23.9 Å². The highest BCUT2D eigenvalue weighted by Crippen LogP contribution is 2.21. The highest BCUT2D eigenvalue weighted by atomic mass is 32.2. The third kappa shape index (κ3) is 6.04. The van der Waals surface area contributed by atoms with E-state index in [1.165, 1.54) is 0 Å². The molecule has 1 aliphatic heterocycles. The summed E-state index contributed by atoms with van der Waals surface area (Å²) in [5, 5.41) is 14.2. The second-order valence-corrected chi connectivity index (χ2v) is 8.43. The number of aromatic nitrogens is 4. The van der Waals surface area contributed by atoms with Crippen molar-refractivity contribution in [2.45, 2.75) is 19.0 Å². The third-order valence-corrected chi connectivity index (χ3v) is 5.97.